The lowest BCUT2D eigenvalue weighted by atomic mass is 10.0. The number of methoxy groups -OCH3 is 1. The normalized spacial score (nSPS) is 10.5. The molecule has 5 nitrogen and oxygen atoms in total. The maximum Gasteiger partial charge on any atom is 0.127 e. The first-order valence-electron chi connectivity index (χ1n) is 8.98. The second kappa shape index (κ2) is 7.88. The van der Waals surface area contributed by atoms with Crippen LogP contribution in [-0.2, 0) is 0 Å². The highest BCUT2D eigenvalue weighted by Crippen LogP contribution is 2.30. The molecule has 0 atom stereocenters. The third-order valence-corrected chi connectivity index (χ3v) is 4.48. The third kappa shape index (κ3) is 3.69. The minimum Gasteiger partial charge on any atom is -0.497 e. The van der Waals surface area contributed by atoms with Crippen LogP contribution in [0.5, 0.6) is 5.75 Å². The lowest BCUT2D eigenvalue weighted by Crippen LogP contribution is -1.96. The van der Waals surface area contributed by atoms with Crippen molar-refractivity contribution in [3.8, 4) is 39.4 Å². The predicted molar refractivity (Wildman–Crippen MR) is 112 cm³/mol. The van der Waals surface area contributed by atoms with Gasteiger partial charge in [0.2, 0.25) is 0 Å². The van der Waals surface area contributed by atoms with Crippen LogP contribution in [0.1, 0.15) is 0 Å². The first-order chi connectivity index (χ1) is 13.8. The summed E-state index contributed by atoms with van der Waals surface area (Å²) in [4.78, 5) is 13.5. The van der Waals surface area contributed by atoms with Gasteiger partial charge in [0.05, 0.1) is 18.5 Å². The molecule has 0 aliphatic rings. The largest absolute Gasteiger partial charge is 0.497 e. The van der Waals surface area contributed by atoms with Crippen molar-refractivity contribution in [2.75, 3.05) is 19.5 Å². The number of rotatable bonds is 5. The molecule has 5 heteroatoms. The van der Waals surface area contributed by atoms with Crippen LogP contribution in [0, 0.1) is 0 Å². The predicted octanol–water partition coefficient (Wildman–Crippen LogP) is 4.92. The minimum atomic E-state index is 0.782. The highest BCUT2D eigenvalue weighted by atomic mass is 16.5. The Labute approximate surface area is 164 Å². The maximum absolute atomic E-state index is 5.34. The molecule has 1 N–H and O–H groups in total. The molecular weight excluding hydrogens is 348 g/mol. The van der Waals surface area contributed by atoms with E-state index in [0.717, 1.165) is 45.2 Å². The number of anilines is 1. The number of nitrogens with zero attached hydrogens (tertiary/aromatic N) is 3. The zero-order valence-electron chi connectivity index (χ0n) is 15.8. The number of hydrogen-bond acceptors (Lipinski definition) is 5. The molecule has 28 heavy (non-hydrogen) atoms. The van der Waals surface area contributed by atoms with Gasteiger partial charge in [-0.25, -0.2) is 4.98 Å². The van der Waals surface area contributed by atoms with Gasteiger partial charge in [0.15, 0.2) is 0 Å². The van der Waals surface area contributed by atoms with E-state index in [1.54, 1.807) is 13.3 Å². The summed E-state index contributed by atoms with van der Waals surface area (Å²) in [5.41, 5.74) is 5.76. The van der Waals surface area contributed by atoms with Gasteiger partial charge in [-0.1, -0.05) is 18.2 Å². The Kier molecular flexibility index (Phi) is 4.97. The van der Waals surface area contributed by atoms with Gasteiger partial charge in [-0.15, -0.1) is 0 Å². The molecule has 0 aliphatic carbocycles. The fourth-order valence-electron chi connectivity index (χ4n) is 3.03. The van der Waals surface area contributed by atoms with Gasteiger partial charge in [-0.3, -0.25) is 9.97 Å². The zero-order chi connectivity index (χ0) is 19.3. The summed E-state index contributed by atoms with van der Waals surface area (Å²) >= 11 is 0. The molecule has 0 saturated heterocycles. The van der Waals surface area contributed by atoms with Crippen molar-refractivity contribution >= 4 is 5.82 Å². The molecule has 0 aliphatic heterocycles. The van der Waals surface area contributed by atoms with Gasteiger partial charge in [-0.2, -0.15) is 0 Å². The van der Waals surface area contributed by atoms with Crippen molar-refractivity contribution in [3.05, 3.63) is 79.3 Å². The molecule has 0 unspecified atom stereocenters. The molecule has 0 amide bonds. The van der Waals surface area contributed by atoms with E-state index in [-0.39, 0.29) is 0 Å². The number of benzene rings is 1. The lowest BCUT2D eigenvalue weighted by Gasteiger charge is -2.10. The van der Waals surface area contributed by atoms with Crippen molar-refractivity contribution in [2.24, 2.45) is 0 Å². The van der Waals surface area contributed by atoms with Gasteiger partial charge in [-0.05, 0) is 53.6 Å². The summed E-state index contributed by atoms with van der Waals surface area (Å²) in [6.07, 6.45) is 5.49. The Morgan fingerprint density at radius 1 is 0.786 bits per heavy atom. The molecule has 0 radical (unpaired) electrons. The molecular formula is C23H20N4O. The van der Waals surface area contributed by atoms with Gasteiger partial charge in [0, 0.05) is 36.8 Å². The number of nitrogens with one attached hydrogen (secondary N) is 1. The zero-order valence-corrected chi connectivity index (χ0v) is 15.8. The molecule has 138 valence electrons. The van der Waals surface area contributed by atoms with Gasteiger partial charge >= 0.3 is 0 Å². The number of pyridine rings is 3. The maximum atomic E-state index is 5.34. The van der Waals surface area contributed by atoms with E-state index in [1.807, 2.05) is 74.0 Å². The molecule has 0 fully saturated rings. The topological polar surface area (TPSA) is 59.9 Å². The van der Waals surface area contributed by atoms with Crippen molar-refractivity contribution in [1.29, 1.82) is 0 Å². The average molecular weight is 368 g/mol. The van der Waals surface area contributed by atoms with Crippen LogP contribution in [0.25, 0.3) is 33.6 Å². The quantitative estimate of drug-likeness (QED) is 0.542. The minimum absolute atomic E-state index is 0.782. The summed E-state index contributed by atoms with van der Waals surface area (Å²) in [5.74, 6) is 1.60. The van der Waals surface area contributed by atoms with Crippen LogP contribution >= 0.6 is 0 Å². The Morgan fingerprint density at radius 3 is 2.39 bits per heavy atom. The average Bonchev–Trinajstić information content (AvgIpc) is 2.79. The van der Waals surface area contributed by atoms with E-state index in [1.165, 1.54) is 0 Å². The first kappa shape index (κ1) is 17.7. The molecule has 4 aromatic rings. The highest BCUT2D eigenvalue weighted by molar-refractivity contribution is 5.76. The second-order valence-electron chi connectivity index (χ2n) is 6.29. The lowest BCUT2D eigenvalue weighted by molar-refractivity contribution is 0.415. The Balaban J connectivity index is 1.79. The van der Waals surface area contributed by atoms with Gasteiger partial charge in [0.1, 0.15) is 11.6 Å². The van der Waals surface area contributed by atoms with Crippen LogP contribution in [0.2, 0.25) is 0 Å². The standard InChI is InChI=1S/C23H20N4O/c1-24-23-13-17(12-22(27-23)21-8-3-4-9-26-21)19-10-18(14-25-15-19)16-6-5-7-20(11-16)28-2/h3-15H,1-2H3,(H,24,27). The Hall–Kier alpha value is -3.73. The monoisotopic (exact) mass is 368 g/mol. The summed E-state index contributed by atoms with van der Waals surface area (Å²) in [5, 5.41) is 3.13. The number of hydrogen-bond donors (Lipinski definition) is 1. The summed E-state index contributed by atoms with van der Waals surface area (Å²) in [6.45, 7) is 0. The van der Waals surface area contributed by atoms with Gasteiger partial charge < -0.3 is 10.1 Å². The SMILES string of the molecule is CNc1cc(-c2cncc(-c3cccc(OC)c3)c2)cc(-c2ccccn2)n1. The Morgan fingerprint density at radius 2 is 1.64 bits per heavy atom. The summed E-state index contributed by atoms with van der Waals surface area (Å²) in [6, 6.07) is 19.9. The van der Waals surface area contributed by atoms with Crippen LogP contribution in [0.15, 0.2) is 79.3 Å². The van der Waals surface area contributed by atoms with Crippen molar-refractivity contribution in [2.45, 2.75) is 0 Å². The smallest absolute Gasteiger partial charge is 0.127 e. The van der Waals surface area contributed by atoms with Crippen LogP contribution < -0.4 is 10.1 Å². The Bertz CT molecular complexity index is 1100. The van der Waals surface area contributed by atoms with Crippen molar-refractivity contribution in [1.82, 2.24) is 15.0 Å². The summed E-state index contributed by atoms with van der Waals surface area (Å²) < 4.78 is 5.34. The fraction of sp³-hybridized carbons (Fsp3) is 0.0870. The fourth-order valence-corrected chi connectivity index (χ4v) is 3.03. The third-order valence-electron chi connectivity index (χ3n) is 4.48. The van der Waals surface area contributed by atoms with E-state index >= 15 is 0 Å². The highest BCUT2D eigenvalue weighted by Gasteiger charge is 2.09. The summed E-state index contributed by atoms with van der Waals surface area (Å²) in [7, 11) is 3.53. The van der Waals surface area contributed by atoms with Gasteiger partial charge in [0.25, 0.3) is 0 Å². The van der Waals surface area contributed by atoms with Crippen LogP contribution in [-0.4, -0.2) is 29.1 Å². The first-order valence-corrected chi connectivity index (χ1v) is 8.98. The molecule has 3 aromatic heterocycles. The second-order valence-corrected chi connectivity index (χ2v) is 6.29. The van der Waals surface area contributed by atoms with E-state index in [2.05, 4.69) is 26.3 Å². The number of aromatic nitrogens is 3. The van der Waals surface area contributed by atoms with E-state index in [9.17, 15) is 0 Å². The molecule has 1 aromatic carbocycles. The van der Waals surface area contributed by atoms with Crippen LogP contribution in [0.4, 0.5) is 5.82 Å². The van der Waals surface area contributed by atoms with Crippen LogP contribution in [0.3, 0.4) is 0 Å². The molecule has 0 bridgehead atoms. The van der Waals surface area contributed by atoms with E-state index in [0.29, 0.717) is 0 Å². The van der Waals surface area contributed by atoms with Crippen molar-refractivity contribution in [3.63, 3.8) is 0 Å². The molecule has 3 heterocycles. The molecule has 0 spiro atoms. The van der Waals surface area contributed by atoms with E-state index < -0.39 is 0 Å². The number of ether oxygens (including phenoxy) is 1. The van der Waals surface area contributed by atoms with E-state index in [4.69, 9.17) is 4.74 Å². The molecule has 0 saturated carbocycles. The molecule has 4 rings (SSSR count). The van der Waals surface area contributed by atoms with Crippen molar-refractivity contribution < 1.29 is 4.74 Å².